The van der Waals surface area contributed by atoms with Crippen molar-refractivity contribution in [1.82, 2.24) is 10.2 Å². The maximum absolute atomic E-state index is 3.54. The Labute approximate surface area is 123 Å². The molecule has 0 spiro atoms. The van der Waals surface area contributed by atoms with E-state index in [0.717, 1.165) is 6.54 Å². The molecule has 19 heavy (non-hydrogen) atoms. The van der Waals surface area contributed by atoms with Gasteiger partial charge in [-0.2, -0.15) is 0 Å². The molecule has 3 heteroatoms. The van der Waals surface area contributed by atoms with Gasteiger partial charge >= 0.3 is 0 Å². The molecule has 2 nitrogen and oxygen atoms in total. The number of nitrogens with zero attached hydrogens (tertiary/aromatic N) is 1. The molecule has 1 rings (SSSR count). The van der Waals surface area contributed by atoms with Crippen LogP contribution in [0.5, 0.6) is 0 Å². The van der Waals surface area contributed by atoms with Gasteiger partial charge in [0.1, 0.15) is 0 Å². The summed E-state index contributed by atoms with van der Waals surface area (Å²) in [6, 6.07) is 4.93. The molecule has 1 aromatic heterocycles. The molecule has 0 saturated heterocycles. The highest BCUT2D eigenvalue weighted by Crippen LogP contribution is 2.23. The Hall–Kier alpha value is -0.380. The summed E-state index contributed by atoms with van der Waals surface area (Å²) in [6.07, 6.45) is 3.88. The maximum atomic E-state index is 3.54. The van der Waals surface area contributed by atoms with E-state index in [1.807, 2.05) is 11.3 Å². The van der Waals surface area contributed by atoms with Gasteiger partial charge in [0.15, 0.2) is 0 Å². The number of rotatable bonds is 8. The molecule has 1 atom stereocenters. The normalized spacial score (nSPS) is 14.0. The summed E-state index contributed by atoms with van der Waals surface area (Å²) in [5, 5.41) is 5.71. The summed E-state index contributed by atoms with van der Waals surface area (Å²) in [7, 11) is 2.23. The van der Waals surface area contributed by atoms with E-state index >= 15 is 0 Å². The number of hydrogen-bond acceptors (Lipinski definition) is 3. The molecule has 1 unspecified atom stereocenters. The quantitative estimate of drug-likeness (QED) is 0.715. The smallest absolute Gasteiger partial charge is 0.0410 e. The molecule has 1 heterocycles. The standard InChI is InChI=1S/C16H30N2S/c1-14(15-10-9-13-19-15)18(5)12-8-6-7-11-17-16(2,3)4/h9-10,13-14,17H,6-8,11-12H2,1-5H3. The van der Waals surface area contributed by atoms with E-state index in [9.17, 15) is 0 Å². The molecule has 0 saturated carbocycles. The molecule has 1 N–H and O–H groups in total. The van der Waals surface area contributed by atoms with Crippen LogP contribution in [0.4, 0.5) is 0 Å². The van der Waals surface area contributed by atoms with Crippen LogP contribution in [0.1, 0.15) is 57.9 Å². The van der Waals surface area contributed by atoms with E-state index in [0.29, 0.717) is 6.04 Å². The molecule has 0 bridgehead atoms. The third kappa shape index (κ3) is 7.09. The van der Waals surface area contributed by atoms with Crippen LogP contribution in [0.15, 0.2) is 17.5 Å². The van der Waals surface area contributed by atoms with E-state index in [2.05, 4.69) is 62.5 Å². The van der Waals surface area contributed by atoms with Crippen molar-refractivity contribution in [2.45, 2.75) is 58.5 Å². The lowest BCUT2D eigenvalue weighted by Crippen LogP contribution is -2.36. The highest BCUT2D eigenvalue weighted by Gasteiger charge is 2.12. The predicted octanol–water partition coefficient (Wildman–Crippen LogP) is 4.30. The van der Waals surface area contributed by atoms with Gasteiger partial charge in [0.25, 0.3) is 0 Å². The average Bonchev–Trinajstić information content (AvgIpc) is 2.84. The molecule has 1 aromatic rings. The summed E-state index contributed by atoms with van der Waals surface area (Å²) >= 11 is 1.86. The van der Waals surface area contributed by atoms with Crippen molar-refractivity contribution in [1.29, 1.82) is 0 Å². The molecule has 0 aliphatic rings. The third-order valence-corrected chi connectivity index (χ3v) is 4.50. The minimum atomic E-state index is 0.254. The first-order valence-corrected chi connectivity index (χ1v) is 8.27. The molecule has 0 aliphatic carbocycles. The summed E-state index contributed by atoms with van der Waals surface area (Å²) in [5.74, 6) is 0. The second kappa shape index (κ2) is 8.03. The molecule has 0 fully saturated rings. The first-order valence-electron chi connectivity index (χ1n) is 7.39. The minimum absolute atomic E-state index is 0.254. The largest absolute Gasteiger partial charge is 0.312 e. The average molecular weight is 282 g/mol. The number of nitrogens with one attached hydrogen (secondary N) is 1. The van der Waals surface area contributed by atoms with Gasteiger partial charge in [0.05, 0.1) is 0 Å². The fraction of sp³-hybridized carbons (Fsp3) is 0.750. The van der Waals surface area contributed by atoms with E-state index in [4.69, 9.17) is 0 Å². The Kier molecular flexibility index (Phi) is 7.05. The van der Waals surface area contributed by atoms with Gasteiger partial charge in [0, 0.05) is 16.5 Å². The summed E-state index contributed by atoms with van der Waals surface area (Å²) in [6.45, 7) is 11.3. The number of unbranched alkanes of at least 4 members (excludes halogenated alkanes) is 2. The fourth-order valence-electron chi connectivity index (χ4n) is 2.07. The van der Waals surface area contributed by atoms with Crippen molar-refractivity contribution < 1.29 is 0 Å². The SMILES string of the molecule is CC(c1cccs1)N(C)CCCCCNC(C)(C)C. The molecule has 0 amide bonds. The minimum Gasteiger partial charge on any atom is -0.312 e. The summed E-state index contributed by atoms with van der Waals surface area (Å²) in [5.41, 5.74) is 0.254. The summed E-state index contributed by atoms with van der Waals surface area (Å²) < 4.78 is 0. The summed E-state index contributed by atoms with van der Waals surface area (Å²) in [4.78, 5) is 3.93. The highest BCUT2D eigenvalue weighted by atomic mass is 32.1. The van der Waals surface area contributed by atoms with Gasteiger partial charge in [-0.15, -0.1) is 11.3 Å². The lowest BCUT2D eigenvalue weighted by Gasteiger charge is -2.24. The third-order valence-electron chi connectivity index (χ3n) is 3.46. The van der Waals surface area contributed by atoms with Crippen LogP contribution in [-0.2, 0) is 0 Å². The molecular formula is C16H30N2S. The van der Waals surface area contributed by atoms with Crippen LogP contribution in [0.25, 0.3) is 0 Å². The van der Waals surface area contributed by atoms with Crippen LogP contribution >= 0.6 is 11.3 Å². The topological polar surface area (TPSA) is 15.3 Å². The zero-order chi connectivity index (χ0) is 14.3. The van der Waals surface area contributed by atoms with Gasteiger partial charge in [-0.1, -0.05) is 12.5 Å². The first kappa shape index (κ1) is 16.7. The van der Waals surface area contributed by atoms with Crippen molar-refractivity contribution in [3.05, 3.63) is 22.4 Å². The Morgan fingerprint density at radius 3 is 2.58 bits per heavy atom. The van der Waals surface area contributed by atoms with E-state index < -0.39 is 0 Å². The monoisotopic (exact) mass is 282 g/mol. The first-order chi connectivity index (χ1) is 8.90. The van der Waals surface area contributed by atoms with Crippen LogP contribution in [0.2, 0.25) is 0 Å². The second-order valence-corrected chi connectivity index (χ2v) is 7.39. The Balaban J connectivity index is 2.09. The van der Waals surface area contributed by atoms with Crippen molar-refractivity contribution in [3.8, 4) is 0 Å². The Morgan fingerprint density at radius 1 is 1.26 bits per heavy atom. The van der Waals surface area contributed by atoms with Crippen molar-refractivity contribution in [2.75, 3.05) is 20.1 Å². The highest BCUT2D eigenvalue weighted by molar-refractivity contribution is 7.10. The maximum Gasteiger partial charge on any atom is 0.0410 e. The van der Waals surface area contributed by atoms with Crippen LogP contribution in [0, 0.1) is 0 Å². The lowest BCUT2D eigenvalue weighted by molar-refractivity contribution is 0.258. The Bertz CT molecular complexity index is 327. The van der Waals surface area contributed by atoms with Gasteiger partial charge in [-0.05, 0) is 72.1 Å². The molecule has 0 radical (unpaired) electrons. The van der Waals surface area contributed by atoms with Crippen LogP contribution < -0.4 is 5.32 Å². The Morgan fingerprint density at radius 2 is 2.00 bits per heavy atom. The van der Waals surface area contributed by atoms with Crippen molar-refractivity contribution in [2.24, 2.45) is 0 Å². The zero-order valence-corrected chi connectivity index (χ0v) is 14.0. The predicted molar refractivity (Wildman–Crippen MR) is 87.0 cm³/mol. The van der Waals surface area contributed by atoms with Gasteiger partial charge in [0.2, 0.25) is 0 Å². The second-order valence-electron chi connectivity index (χ2n) is 6.41. The number of hydrogen-bond donors (Lipinski definition) is 1. The van der Waals surface area contributed by atoms with Gasteiger partial charge in [-0.3, -0.25) is 4.90 Å². The van der Waals surface area contributed by atoms with E-state index in [1.165, 1.54) is 30.7 Å². The van der Waals surface area contributed by atoms with E-state index in [1.54, 1.807) is 0 Å². The fourth-order valence-corrected chi connectivity index (χ4v) is 2.91. The van der Waals surface area contributed by atoms with Crippen LogP contribution in [-0.4, -0.2) is 30.6 Å². The van der Waals surface area contributed by atoms with Crippen molar-refractivity contribution in [3.63, 3.8) is 0 Å². The molecular weight excluding hydrogens is 252 g/mol. The van der Waals surface area contributed by atoms with Gasteiger partial charge in [-0.25, -0.2) is 0 Å². The lowest BCUT2D eigenvalue weighted by atomic mass is 10.1. The van der Waals surface area contributed by atoms with Gasteiger partial charge < -0.3 is 5.32 Å². The van der Waals surface area contributed by atoms with Crippen molar-refractivity contribution >= 4 is 11.3 Å². The molecule has 110 valence electrons. The zero-order valence-electron chi connectivity index (χ0n) is 13.2. The molecule has 0 aromatic carbocycles. The van der Waals surface area contributed by atoms with E-state index in [-0.39, 0.29) is 5.54 Å². The number of thiophene rings is 1. The molecule has 0 aliphatic heterocycles. The van der Waals surface area contributed by atoms with Crippen LogP contribution in [0.3, 0.4) is 0 Å².